The molecule has 1 aromatic carbocycles. The zero-order chi connectivity index (χ0) is 16.2. The number of nitrogen functional groups attached to an aromatic ring is 1. The number of carbonyl (C=O) groups is 1. The third-order valence-corrected chi connectivity index (χ3v) is 2.89. The molecule has 0 radical (unpaired) electrons. The van der Waals surface area contributed by atoms with E-state index in [0.29, 0.717) is 12.2 Å². The number of nitrogens with zero attached hydrogens (tertiary/aromatic N) is 1. The normalized spacial score (nSPS) is 11.6. The monoisotopic (exact) mass is 303 g/mol. The summed E-state index contributed by atoms with van der Waals surface area (Å²) in [6, 6.07) is 3.92. The van der Waals surface area contributed by atoms with E-state index in [1.54, 1.807) is 20.8 Å². The van der Waals surface area contributed by atoms with Crippen LogP contribution in [0.25, 0.3) is 0 Å². The number of alkyl halides is 3. The van der Waals surface area contributed by atoms with Crippen LogP contribution < -0.4 is 16.0 Å². The summed E-state index contributed by atoms with van der Waals surface area (Å²) in [4.78, 5) is 13.1. The van der Waals surface area contributed by atoms with Crippen molar-refractivity contribution in [1.82, 2.24) is 5.32 Å². The molecule has 0 fully saturated rings. The molecule has 0 aliphatic heterocycles. The molecule has 0 heterocycles. The molecule has 21 heavy (non-hydrogen) atoms. The van der Waals surface area contributed by atoms with Crippen LogP contribution in [0.3, 0.4) is 0 Å². The molecular formula is C14H20F3N3O. The minimum absolute atomic E-state index is 0.184. The van der Waals surface area contributed by atoms with Crippen LogP contribution in [0, 0.1) is 0 Å². The molecule has 7 heteroatoms. The summed E-state index contributed by atoms with van der Waals surface area (Å²) in [5.41, 5.74) is 6.35. The van der Waals surface area contributed by atoms with E-state index in [9.17, 15) is 18.0 Å². The summed E-state index contributed by atoms with van der Waals surface area (Å²) in [6.07, 6.45) is -4.37. The maximum absolute atomic E-state index is 12.8. The van der Waals surface area contributed by atoms with Crippen molar-refractivity contribution in [3.05, 3.63) is 23.8 Å². The van der Waals surface area contributed by atoms with Crippen molar-refractivity contribution in [1.29, 1.82) is 0 Å². The van der Waals surface area contributed by atoms with Crippen molar-refractivity contribution < 1.29 is 18.0 Å². The van der Waals surface area contributed by atoms with Gasteiger partial charge in [0.05, 0.1) is 11.3 Å². The molecule has 0 aliphatic carbocycles. The van der Waals surface area contributed by atoms with E-state index < -0.39 is 24.7 Å². The van der Waals surface area contributed by atoms with Crippen LogP contribution in [0.5, 0.6) is 0 Å². The van der Waals surface area contributed by atoms with E-state index in [0.717, 1.165) is 4.90 Å². The molecule has 0 saturated heterocycles. The first-order valence-electron chi connectivity index (χ1n) is 6.66. The number of hydrogen-bond acceptors (Lipinski definition) is 3. The summed E-state index contributed by atoms with van der Waals surface area (Å²) in [5, 5.41) is 2.59. The Hall–Kier alpha value is -1.92. The minimum atomic E-state index is -4.37. The lowest BCUT2D eigenvalue weighted by molar-refractivity contribution is -0.120. The van der Waals surface area contributed by atoms with E-state index in [2.05, 4.69) is 5.32 Å². The first-order chi connectivity index (χ1) is 9.65. The molecule has 0 bridgehead atoms. The van der Waals surface area contributed by atoms with Gasteiger partial charge in [-0.25, -0.2) is 0 Å². The van der Waals surface area contributed by atoms with Gasteiger partial charge >= 0.3 is 6.18 Å². The number of nitrogens with two attached hydrogens (primary N) is 1. The summed E-state index contributed by atoms with van der Waals surface area (Å²) < 4.78 is 38.3. The second kappa shape index (κ2) is 6.69. The van der Waals surface area contributed by atoms with E-state index in [1.165, 1.54) is 18.2 Å². The Labute approximate surface area is 122 Å². The Bertz CT molecular complexity index is 501. The van der Waals surface area contributed by atoms with Crippen LogP contribution in [0.2, 0.25) is 0 Å². The van der Waals surface area contributed by atoms with Crippen LogP contribution in [-0.4, -0.2) is 31.2 Å². The van der Waals surface area contributed by atoms with Crippen LogP contribution >= 0.6 is 0 Å². The predicted octanol–water partition coefficient (Wildman–Crippen LogP) is 2.80. The number of hydrogen-bond donors (Lipinski definition) is 2. The Morgan fingerprint density at radius 3 is 2.48 bits per heavy atom. The van der Waals surface area contributed by atoms with Crippen molar-refractivity contribution in [2.24, 2.45) is 0 Å². The highest BCUT2D eigenvalue weighted by Gasteiger charge is 2.33. The molecule has 1 rings (SSSR count). The zero-order valence-corrected chi connectivity index (χ0v) is 12.3. The summed E-state index contributed by atoms with van der Waals surface area (Å²) in [6.45, 7) is 4.27. The Kier molecular flexibility index (Phi) is 5.46. The Balaban J connectivity index is 3.28. The Morgan fingerprint density at radius 2 is 2.00 bits per heavy atom. The first-order valence-corrected chi connectivity index (χ1v) is 6.66. The minimum Gasteiger partial charge on any atom is -0.399 e. The highest BCUT2D eigenvalue weighted by atomic mass is 19.4. The lowest BCUT2D eigenvalue weighted by Crippen LogP contribution is -2.40. The molecular weight excluding hydrogens is 283 g/mol. The van der Waals surface area contributed by atoms with Gasteiger partial charge in [0, 0.05) is 18.3 Å². The van der Waals surface area contributed by atoms with Gasteiger partial charge in [-0.15, -0.1) is 0 Å². The van der Waals surface area contributed by atoms with Crippen molar-refractivity contribution in [2.75, 3.05) is 23.7 Å². The summed E-state index contributed by atoms with van der Waals surface area (Å²) >= 11 is 0. The fourth-order valence-electron chi connectivity index (χ4n) is 1.97. The number of carbonyl (C=O) groups excluding carboxylic acids is 1. The second-order valence-corrected chi connectivity index (χ2v) is 4.97. The molecule has 0 aromatic heterocycles. The lowest BCUT2D eigenvalue weighted by atomic mass is 10.1. The topological polar surface area (TPSA) is 58.4 Å². The molecule has 1 aromatic rings. The SMILES string of the molecule is CCNC(=O)c1ccc(N)cc1N(CC(F)(F)F)C(C)C. The average molecular weight is 303 g/mol. The number of halogens is 3. The van der Waals surface area contributed by atoms with Crippen LogP contribution in [0.4, 0.5) is 24.5 Å². The highest BCUT2D eigenvalue weighted by Crippen LogP contribution is 2.29. The summed E-state index contributed by atoms with van der Waals surface area (Å²) in [5.74, 6) is -0.416. The quantitative estimate of drug-likeness (QED) is 0.822. The molecule has 0 aliphatic rings. The molecule has 1 amide bonds. The largest absolute Gasteiger partial charge is 0.405 e. The number of nitrogens with one attached hydrogen (secondary N) is 1. The van der Waals surface area contributed by atoms with Crippen molar-refractivity contribution >= 4 is 17.3 Å². The van der Waals surface area contributed by atoms with E-state index in [4.69, 9.17) is 5.73 Å². The number of anilines is 2. The van der Waals surface area contributed by atoms with Crippen LogP contribution in [0.1, 0.15) is 31.1 Å². The van der Waals surface area contributed by atoms with Crippen molar-refractivity contribution in [3.8, 4) is 0 Å². The molecule has 3 N–H and O–H groups in total. The molecule has 0 unspecified atom stereocenters. The molecule has 118 valence electrons. The van der Waals surface area contributed by atoms with Crippen molar-refractivity contribution in [2.45, 2.75) is 33.0 Å². The molecule has 0 spiro atoms. The molecule has 0 saturated carbocycles. The van der Waals surface area contributed by atoms with E-state index in [1.807, 2.05) is 0 Å². The number of benzene rings is 1. The predicted molar refractivity (Wildman–Crippen MR) is 77.4 cm³/mol. The maximum Gasteiger partial charge on any atom is 0.405 e. The Morgan fingerprint density at radius 1 is 1.38 bits per heavy atom. The number of amides is 1. The van der Waals surface area contributed by atoms with Crippen LogP contribution in [-0.2, 0) is 0 Å². The van der Waals surface area contributed by atoms with Gasteiger partial charge in [-0.3, -0.25) is 4.79 Å². The van der Waals surface area contributed by atoms with Gasteiger partial charge in [0.25, 0.3) is 5.91 Å². The van der Waals surface area contributed by atoms with Gasteiger partial charge in [0.1, 0.15) is 6.54 Å². The van der Waals surface area contributed by atoms with Crippen molar-refractivity contribution in [3.63, 3.8) is 0 Å². The highest BCUT2D eigenvalue weighted by molar-refractivity contribution is 6.00. The fraction of sp³-hybridized carbons (Fsp3) is 0.500. The van der Waals surface area contributed by atoms with E-state index in [-0.39, 0.29) is 11.3 Å². The van der Waals surface area contributed by atoms with Crippen LogP contribution in [0.15, 0.2) is 18.2 Å². The fourth-order valence-corrected chi connectivity index (χ4v) is 1.97. The average Bonchev–Trinajstić information content (AvgIpc) is 2.34. The first kappa shape index (κ1) is 17.1. The lowest BCUT2D eigenvalue weighted by Gasteiger charge is -2.31. The van der Waals surface area contributed by atoms with Gasteiger partial charge in [0.15, 0.2) is 0 Å². The third kappa shape index (κ3) is 4.84. The summed E-state index contributed by atoms with van der Waals surface area (Å²) in [7, 11) is 0. The third-order valence-electron chi connectivity index (χ3n) is 2.89. The second-order valence-electron chi connectivity index (χ2n) is 4.97. The van der Waals surface area contributed by atoms with Gasteiger partial charge in [-0.1, -0.05) is 0 Å². The van der Waals surface area contributed by atoms with Gasteiger partial charge in [-0.2, -0.15) is 13.2 Å². The smallest absolute Gasteiger partial charge is 0.399 e. The van der Waals surface area contributed by atoms with Gasteiger partial charge in [-0.05, 0) is 39.0 Å². The standard InChI is InChI=1S/C14H20F3N3O/c1-4-19-13(21)11-6-5-10(18)7-12(11)20(9(2)3)8-14(15,16)17/h5-7,9H,4,8,18H2,1-3H3,(H,19,21). The van der Waals surface area contributed by atoms with Gasteiger partial charge < -0.3 is 16.0 Å². The zero-order valence-electron chi connectivity index (χ0n) is 12.3. The number of rotatable bonds is 5. The van der Waals surface area contributed by atoms with Gasteiger partial charge in [0.2, 0.25) is 0 Å². The molecule has 4 nitrogen and oxygen atoms in total. The molecule has 0 atom stereocenters. The maximum atomic E-state index is 12.8. The van der Waals surface area contributed by atoms with E-state index >= 15 is 0 Å².